The van der Waals surface area contributed by atoms with Crippen molar-refractivity contribution >= 4 is 28.5 Å². The number of hydrogen-bond acceptors (Lipinski definition) is 8. The molecule has 0 aliphatic rings. The Hall–Kier alpha value is -2.35. The van der Waals surface area contributed by atoms with E-state index in [9.17, 15) is 9.59 Å². The summed E-state index contributed by atoms with van der Waals surface area (Å²) in [7, 11) is 2.97. The number of furan rings is 1. The first-order valence-electron chi connectivity index (χ1n) is 6.05. The molecule has 0 bridgehead atoms. The van der Waals surface area contributed by atoms with Gasteiger partial charge in [-0.25, -0.2) is 9.59 Å². The lowest BCUT2D eigenvalue weighted by atomic mass is 10.2. The van der Waals surface area contributed by atoms with Crippen molar-refractivity contribution in [1.29, 1.82) is 0 Å². The monoisotopic (exact) mass is 310 g/mol. The maximum Gasteiger partial charge on any atom is 0.373 e. The van der Waals surface area contributed by atoms with Gasteiger partial charge < -0.3 is 19.2 Å². The number of methoxy groups -OCH3 is 1. The van der Waals surface area contributed by atoms with Gasteiger partial charge in [0.15, 0.2) is 0 Å². The van der Waals surface area contributed by atoms with Crippen molar-refractivity contribution in [2.75, 3.05) is 19.5 Å². The molecule has 2 aromatic heterocycles. The van der Waals surface area contributed by atoms with Crippen molar-refractivity contribution in [1.82, 2.24) is 4.37 Å². The van der Waals surface area contributed by atoms with Crippen molar-refractivity contribution in [3.8, 4) is 0 Å². The Balaban J connectivity index is 2.02. The highest BCUT2D eigenvalue weighted by atomic mass is 32.1. The predicted octanol–water partition coefficient (Wildman–Crippen LogP) is 2.23. The van der Waals surface area contributed by atoms with Gasteiger partial charge in [0.25, 0.3) is 0 Å². The quantitative estimate of drug-likeness (QED) is 0.847. The Morgan fingerprint density at radius 3 is 2.81 bits per heavy atom. The van der Waals surface area contributed by atoms with E-state index in [1.807, 2.05) is 0 Å². The lowest BCUT2D eigenvalue weighted by molar-refractivity contribution is 0.0439. The third-order valence-corrected chi connectivity index (χ3v) is 3.64. The third kappa shape index (κ3) is 3.22. The standard InChI is InChI=1S/C13H14N2O5S/c1-7-10(11(14-2)21-15-7)13(17)19-6-8-4-5-9(20-8)12(16)18-3/h4-5,14H,6H2,1-3H3. The molecular formula is C13H14N2O5S. The van der Waals surface area contributed by atoms with Crippen molar-refractivity contribution in [2.45, 2.75) is 13.5 Å². The summed E-state index contributed by atoms with van der Waals surface area (Å²) in [6.45, 7) is 1.66. The Bertz CT molecular complexity index is 661. The van der Waals surface area contributed by atoms with E-state index in [0.29, 0.717) is 22.0 Å². The molecule has 2 heterocycles. The minimum atomic E-state index is -0.581. The Labute approximate surface area is 125 Å². The highest BCUT2D eigenvalue weighted by Crippen LogP contribution is 2.25. The van der Waals surface area contributed by atoms with E-state index < -0.39 is 11.9 Å². The largest absolute Gasteiger partial charge is 0.463 e. The number of aryl methyl sites for hydroxylation is 1. The van der Waals surface area contributed by atoms with E-state index in [-0.39, 0.29) is 12.4 Å². The molecule has 0 aliphatic carbocycles. The van der Waals surface area contributed by atoms with Crippen LogP contribution in [0.5, 0.6) is 0 Å². The molecule has 0 spiro atoms. The fourth-order valence-corrected chi connectivity index (χ4v) is 2.39. The maximum absolute atomic E-state index is 12.0. The average Bonchev–Trinajstić information content (AvgIpc) is 3.10. The van der Waals surface area contributed by atoms with Crippen LogP contribution in [0.4, 0.5) is 5.00 Å². The zero-order chi connectivity index (χ0) is 15.4. The molecule has 0 unspecified atom stereocenters. The molecule has 112 valence electrons. The maximum atomic E-state index is 12.0. The molecule has 0 saturated heterocycles. The van der Waals surface area contributed by atoms with E-state index in [1.54, 1.807) is 20.0 Å². The van der Waals surface area contributed by atoms with Crippen molar-refractivity contribution in [3.63, 3.8) is 0 Å². The zero-order valence-corrected chi connectivity index (χ0v) is 12.6. The average molecular weight is 310 g/mol. The number of carbonyl (C=O) groups excluding carboxylic acids is 2. The molecule has 0 fully saturated rings. The van der Waals surface area contributed by atoms with Crippen LogP contribution in [-0.4, -0.2) is 30.5 Å². The first-order valence-corrected chi connectivity index (χ1v) is 6.82. The Morgan fingerprint density at radius 2 is 2.14 bits per heavy atom. The fraction of sp³-hybridized carbons (Fsp3) is 0.308. The molecule has 21 heavy (non-hydrogen) atoms. The van der Waals surface area contributed by atoms with Crippen molar-refractivity contribution < 1.29 is 23.5 Å². The smallest absolute Gasteiger partial charge is 0.373 e. The molecule has 0 atom stereocenters. The van der Waals surface area contributed by atoms with Crippen LogP contribution in [-0.2, 0) is 16.1 Å². The highest BCUT2D eigenvalue weighted by molar-refractivity contribution is 7.10. The number of esters is 2. The second-order valence-electron chi connectivity index (χ2n) is 4.06. The highest BCUT2D eigenvalue weighted by Gasteiger charge is 2.20. The summed E-state index contributed by atoms with van der Waals surface area (Å²) in [4.78, 5) is 23.3. The van der Waals surface area contributed by atoms with Crippen LogP contribution in [0.1, 0.15) is 32.4 Å². The lowest BCUT2D eigenvalue weighted by Crippen LogP contribution is -2.08. The Morgan fingerprint density at radius 1 is 1.38 bits per heavy atom. The van der Waals surface area contributed by atoms with Crippen LogP contribution >= 0.6 is 11.5 Å². The topological polar surface area (TPSA) is 90.7 Å². The minimum Gasteiger partial charge on any atom is -0.463 e. The Kier molecular flexibility index (Phi) is 4.59. The summed E-state index contributed by atoms with van der Waals surface area (Å²) < 4.78 is 19.0. The van der Waals surface area contributed by atoms with Gasteiger partial charge >= 0.3 is 11.9 Å². The van der Waals surface area contributed by atoms with E-state index >= 15 is 0 Å². The first kappa shape index (κ1) is 15.0. The molecule has 8 heteroatoms. The molecule has 0 amide bonds. The van der Waals surface area contributed by atoms with Crippen molar-refractivity contribution in [3.05, 3.63) is 34.9 Å². The van der Waals surface area contributed by atoms with Gasteiger partial charge in [-0.15, -0.1) is 0 Å². The number of nitrogens with one attached hydrogen (secondary N) is 1. The molecule has 0 aromatic carbocycles. The van der Waals surface area contributed by atoms with Crippen LogP contribution in [0.25, 0.3) is 0 Å². The lowest BCUT2D eigenvalue weighted by Gasteiger charge is -2.04. The summed E-state index contributed by atoms with van der Waals surface area (Å²) >= 11 is 1.19. The number of nitrogens with zero attached hydrogens (tertiary/aromatic N) is 1. The molecule has 2 aromatic rings. The number of ether oxygens (including phenoxy) is 2. The molecule has 0 saturated carbocycles. The van der Waals surface area contributed by atoms with Gasteiger partial charge in [0.1, 0.15) is 22.9 Å². The molecule has 2 rings (SSSR count). The van der Waals surface area contributed by atoms with Crippen LogP contribution in [0.15, 0.2) is 16.5 Å². The van der Waals surface area contributed by atoms with Crippen LogP contribution < -0.4 is 5.32 Å². The van der Waals surface area contributed by atoms with Crippen molar-refractivity contribution in [2.24, 2.45) is 0 Å². The number of hydrogen-bond donors (Lipinski definition) is 1. The van der Waals surface area contributed by atoms with E-state index in [4.69, 9.17) is 9.15 Å². The molecular weight excluding hydrogens is 296 g/mol. The van der Waals surface area contributed by atoms with Gasteiger partial charge in [-0.1, -0.05) is 0 Å². The summed E-state index contributed by atoms with van der Waals surface area (Å²) in [6.07, 6.45) is 0. The van der Waals surface area contributed by atoms with Gasteiger partial charge in [0.05, 0.1) is 12.8 Å². The minimum absolute atomic E-state index is 0.0628. The summed E-state index contributed by atoms with van der Waals surface area (Å²) in [6, 6.07) is 3.02. The second-order valence-corrected chi connectivity index (χ2v) is 4.83. The molecule has 0 radical (unpaired) electrons. The van der Waals surface area contributed by atoms with Gasteiger partial charge in [-0.3, -0.25) is 0 Å². The number of carbonyl (C=O) groups is 2. The normalized spacial score (nSPS) is 10.2. The first-order chi connectivity index (χ1) is 10.1. The number of aromatic nitrogens is 1. The van der Waals surface area contributed by atoms with Crippen LogP contribution in [0.3, 0.4) is 0 Å². The molecule has 0 aliphatic heterocycles. The van der Waals surface area contributed by atoms with Gasteiger partial charge in [0, 0.05) is 7.05 Å². The number of rotatable bonds is 5. The third-order valence-electron chi connectivity index (χ3n) is 2.69. The summed E-state index contributed by atoms with van der Waals surface area (Å²) in [5.74, 6) is -0.659. The zero-order valence-electron chi connectivity index (χ0n) is 11.8. The fourth-order valence-electron chi connectivity index (χ4n) is 1.66. The van der Waals surface area contributed by atoms with E-state index in [2.05, 4.69) is 14.4 Å². The summed E-state index contributed by atoms with van der Waals surface area (Å²) in [5.41, 5.74) is 1.01. The molecule has 1 N–H and O–H groups in total. The van der Waals surface area contributed by atoms with E-state index in [0.717, 1.165) is 0 Å². The van der Waals surface area contributed by atoms with Gasteiger partial charge in [0.2, 0.25) is 5.76 Å². The van der Waals surface area contributed by atoms with Gasteiger partial charge in [-0.05, 0) is 30.6 Å². The van der Waals surface area contributed by atoms with Gasteiger partial charge in [-0.2, -0.15) is 4.37 Å². The van der Waals surface area contributed by atoms with E-state index in [1.165, 1.54) is 24.7 Å². The summed E-state index contributed by atoms with van der Waals surface area (Å²) in [5, 5.41) is 3.54. The number of anilines is 1. The predicted molar refractivity (Wildman–Crippen MR) is 75.6 cm³/mol. The van der Waals surface area contributed by atoms with Crippen LogP contribution in [0.2, 0.25) is 0 Å². The molecule has 7 nitrogen and oxygen atoms in total. The SMILES string of the molecule is CNc1snc(C)c1C(=O)OCc1ccc(C(=O)OC)o1. The second kappa shape index (κ2) is 6.40. The van der Waals surface area contributed by atoms with Crippen LogP contribution in [0, 0.1) is 6.92 Å².